The average molecular weight is 482 g/mol. The lowest BCUT2D eigenvalue weighted by molar-refractivity contribution is -0.151. The van der Waals surface area contributed by atoms with E-state index in [1.165, 1.54) is 24.3 Å². The van der Waals surface area contributed by atoms with Crippen molar-refractivity contribution in [2.75, 3.05) is 25.1 Å². The zero-order chi connectivity index (χ0) is 25.4. The molecule has 0 aromatic heterocycles. The van der Waals surface area contributed by atoms with Gasteiger partial charge in [-0.05, 0) is 49.7 Å². The van der Waals surface area contributed by atoms with Gasteiger partial charge in [-0.1, -0.05) is 24.6 Å². The van der Waals surface area contributed by atoms with E-state index in [9.17, 15) is 24.0 Å². The fourth-order valence-corrected chi connectivity index (χ4v) is 3.28. The highest BCUT2D eigenvalue weighted by atomic mass is 16.5. The van der Waals surface area contributed by atoms with Gasteiger partial charge in [0.1, 0.15) is 0 Å². The Kier molecular flexibility index (Phi) is 8.55. The van der Waals surface area contributed by atoms with Crippen molar-refractivity contribution < 1.29 is 33.4 Å². The van der Waals surface area contributed by atoms with E-state index >= 15 is 0 Å². The van der Waals surface area contributed by atoms with E-state index in [-0.39, 0.29) is 13.0 Å². The average Bonchev–Trinajstić information content (AvgIpc) is 3.21. The van der Waals surface area contributed by atoms with E-state index in [1.54, 1.807) is 24.3 Å². The van der Waals surface area contributed by atoms with Crippen molar-refractivity contribution in [2.24, 2.45) is 5.92 Å². The maximum Gasteiger partial charge on any atom is 0.338 e. The van der Waals surface area contributed by atoms with Crippen LogP contribution in [0.1, 0.15) is 46.0 Å². The number of esters is 2. The van der Waals surface area contributed by atoms with Gasteiger partial charge in [-0.25, -0.2) is 4.79 Å². The van der Waals surface area contributed by atoms with Gasteiger partial charge in [-0.15, -0.1) is 0 Å². The number of hydrogen-bond acceptors (Lipinski definition) is 7. The molecular formula is C25H27N3O7. The van der Waals surface area contributed by atoms with Crippen LogP contribution in [0.25, 0.3) is 0 Å². The van der Waals surface area contributed by atoms with Crippen molar-refractivity contribution in [1.82, 2.24) is 10.4 Å². The van der Waals surface area contributed by atoms with Crippen molar-refractivity contribution in [3.63, 3.8) is 0 Å². The summed E-state index contributed by atoms with van der Waals surface area (Å²) in [5, 5.41) is 3.64. The van der Waals surface area contributed by atoms with E-state index in [2.05, 4.69) is 10.7 Å². The number of nitrogens with zero attached hydrogens (tertiary/aromatic N) is 1. The Morgan fingerprint density at radius 3 is 2.29 bits per heavy atom. The molecule has 1 saturated heterocycles. The number of aryl methyl sites for hydroxylation is 1. The lowest BCUT2D eigenvalue weighted by Crippen LogP contribution is -2.43. The number of benzene rings is 2. The van der Waals surface area contributed by atoms with Gasteiger partial charge in [0.2, 0.25) is 5.91 Å². The summed E-state index contributed by atoms with van der Waals surface area (Å²) in [5.74, 6) is -3.43. The molecule has 0 unspecified atom stereocenters. The number of carbonyl (C=O) groups excluding carboxylic acids is 5. The Morgan fingerprint density at radius 2 is 1.63 bits per heavy atom. The predicted octanol–water partition coefficient (Wildman–Crippen LogP) is 2.24. The number of anilines is 1. The lowest BCUT2D eigenvalue weighted by atomic mass is 10.1. The van der Waals surface area contributed by atoms with E-state index < -0.39 is 42.2 Å². The molecule has 3 rings (SSSR count). The molecule has 1 atom stereocenters. The Bertz CT molecular complexity index is 1100. The van der Waals surface area contributed by atoms with Gasteiger partial charge < -0.3 is 14.8 Å². The molecule has 0 bridgehead atoms. The first-order valence-corrected chi connectivity index (χ1v) is 11.2. The minimum atomic E-state index is -0.804. The van der Waals surface area contributed by atoms with Crippen LogP contribution in [-0.4, -0.2) is 54.4 Å². The van der Waals surface area contributed by atoms with Crippen LogP contribution in [0.4, 0.5) is 5.69 Å². The second-order valence-corrected chi connectivity index (χ2v) is 8.08. The normalized spacial score (nSPS) is 14.9. The predicted molar refractivity (Wildman–Crippen MR) is 125 cm³/mol. The van der Waals surface area contributed by atoms with Crippen molar-refractivity contribution in [3.05, 3.63) is 65.2 Å². The summed E-state index contributed by atoms with van der Waals surface area (Å²) in [7, 11) is 0. The summed E-state index contributed by atoms with van der Waals surface area (Å²) in [6.07, 6.45) is 0.581. The number of rotatable bonds is 9. The van der Waals surface area contributed by atoms with Gasteiger partial charge in [0, 0.05) is 17.7 Å². The molecule has 1 fully saturated rings. The van der Waals surface area contributed by atoms with Crippen LogP contribution in [0, 0.1) is 12.8 Å². The summed E-state index contributed by atoms with van der Waals surface area (Å²) in [6.45, 7) is 3.52. The molecule has 3 amide bonds. The molecule has 10 nitrogen and oxygen atoms in total. The van der Waals surface area contributed by atoms with E-state index in [0.717, 1.165) is 10.6 Å². The number of hydrogen-bond donors (Lipinski definition) is 2. The first kappa shape index (κ1) is 25.4. The zero-order valence-electron chi connectivity index (χ0n) is 19.5. The molecule has 2 aromatic carbocycles. The fraction of sp³-hybridized carbons (Fsp3) is 0.320. The van der Waals surface area contributed by atoms with Crippen molar-refractivity contribution in [2.45, 2.75) is 26.7 Å². The van der Waals surface area contributed by atoms with E-state index in [4.69, 9.17) is 9.47 Å². The number of hydrazine groups is 1. The quantitative estimate of drug-likeness (QED) is 0.525. The van der Waals surface area contributed by atoms with E-state index in [0.29, 0.717) is 29.8 Å². The van der Waals surface area contributed by atoms with Crippen LogP contribution in [0.3, 0.4) is 0 Å². The fourth-order valence-electron chi connectivity index (χ4n) is 3.28. The molecule has 35 heavy (non-hydrogen) atoms. The smallest absolute Gasteiger partial charge is 0.338 e. The summed E-state index contributed by atoms with van der Waals surface area (Å²) in [4.78, 5) is 60.8. The van der Waals surface area contributed by atoms with Crippen LogP contribution in [0.5, 0.6) is 0 Å². The number of ether oxygens (including phenoxy) is 2. The minimum absolute atomic E-state index is 0.0491. The topological polar surface area (TPSA) is 131 Å². The Hall–Kier alpha value is -4.21. The SMILES string of the molecule is CCCOC(=O)c1ccc(NC(=O)COC(=O)[C@@H]2CC(=O)N(NC(=O)c3ccc(C)cc3)C2)cc1. The maximum absolute atomic E-state index is 12.3. The molecule has 2 aromatic rings. The molecular weight excluding hydrogens is 454 g/mol. The molecule has 0 saturated carbocycles. The summed E-state index contributed by atoms with van der Waals surface area (Å²) in [6, 6.07) is 12.9. The van der Waals surface area contributed by atoms with Gasteiger partial charge in [-0.2, -0.15) is 0 Å². The van der Waals surface area contributed by atoms with Crippen molar-refractivity contribution >= 4 is 35.3 Å². The lowest BCUT2D eigenvalue weighted by Gasteiger charge is -2.17. The van der Waals surface area contributed by atoms with Gasteiger partial charge in [0.05, 0.1) is 24.6 Å². The van der Waals surface area contributed by atoms with Gasteiger partial charge in [0.25, 0.3) is 11.8 Å². The van der Waals surface area contributed by atoms with E-state index in [1.807, 2.05) is 13.8 Å². The minimum Gasteiger partial charge on any atom is -0.462 e. The number of carbonyl (C=O) groups is 5. The molecule has 2 N–H and O–H groups in total. The maximum atomic E-state index is 12.3. The third kappa shape index (κ3) is 7.13. The third-order valence-electron chi connectivity index (χ3n) is 5.20. The van der Waals surface area contributed by atoms with Crippen molar-refractivity contribution in [1.29, 1.82) is 0 Å². The molecule has 1 heterocycles. The van der Waals surface area contributed by atoms with Crippen molar-refractivity contribution in [3.8, 4) is 0 Å². The zero-order valence-corrected chi connectivity index (χ0v) is 19.5. The standard InChI is InChI=1S/C25H27N3O7/c1-3-12-34-24(32)18-8-10-20(11-9-18)26-21(29)15-35-25(33)19-13-22(30)28(14-19)27-23(31)17-6-4-16(2)5-7-17/h4-11,19H,3,12-15H2,1-2H3,(H,26,29)(H,27,31)/t19-/m1/s1. The summed E-state index contributed by atoms with van der Waals surface area (Å²) in [5.41, 5.74) is 4.65. The first-order chi connectivity index (χ1) is 16.8. The number of nitrogens with one attached hydrogen (secondary N) is 2. The second-order valence-electron chi connectivity index (χ2n) is 8.08. The number of amides is 3. The molecule has 184 valence electrons. The Morgan fingerprint density at radius 1 is 0.971 bits per heavy atom. The van der Waals surface area contributed by atoms with Crippen LogP contribution in [-0.2, 0) is 23.9 Å². The highest BCUT2D eigenvalue weighted by molar-refractivity contribution is 5.97. The van der Waals surface area contributed by atoms with Gasteiger partial charge in [0.15, 0.2) is 6.61 Å². The third-order valence-corrected chi connectivity index (χ3v) is 5.20. The molecule has 0 spiro atoms. The highest BCUT2D eigenvalue weighted by Crippen LogP contribution is 2.18. The Balaban J connectivity index is 1.44. The molecule has 10 heteroatoms. The molecule has 1 aliphatic heterocycles. The molecule has 0 aliphatic carbocycles. The van der Waals surface area contributed by atoms with Gasteiger partial charge >= 0.3 is 11.9 Å². The first-order valence-electron chi connectivity index (χ1n) is 11.2. The Labute approximate surface area is 202 Å². The molecule has 0 radical (unpaired) electrons. The van der Waals surface area contributed by atoms with Gasteiger partial charge in [-0.3, -0.25) is 29.6 Å². The van der Waals surface area contributed by atoms with Crippen LogP contribution in [0.2, 0.25) is 0 Å². The second kappa shape index (κ2) is 11.8. The van der Waals surface area contributed by atoms with Crippen LogP contribution < -0.4 is 10.7 Å². The highest BCUT2D eigenvalue weighted by Gasteiger charge is 2.36. The summed E-state index contributed by atoms with van der Waals surface area (Å²) < 4.78 is 10.1. The molecule has 1 aliphatic rings. The largest absolute Gasteiger partial charge is 0.462 e. The van der Waals surface area contributed by atoms with Crippen LogP contribution in [0.15, 0.2) is 48.5 Å². The summed E-state index contributed by atoms with van der Waals surface area (Å²) >= 11 is 0. The monoisotopic (exact) mass is 481 g/mol. The van der Waals surface area contributed by atoms with Crippen LogP contribution >= 0.6 is 0 Å².